The molecule has 1 aliphatic rings. The zero-order valence-corrected chi connectivity index (χ0v) is 11.4. The van der Waals surface area contributed by atoms with E-state index in [9.17, 15) is 0 Å². The third-order valence-electron chi connectivity index (χ3n) is 3.24. The fourth-order valence-electron chi connectivity index (χ4n) is 1.93. The number of hydrogen-bond donors (Lipinski definition) is 1. The van der Waals surface area contributed by atoms with E-state index in [2.05, 4.69) is 22.4 Å². The van der Waals surface area contributed by atoms with Gasteiger partial charge in [-0.1, -0.05) is 11.6 Å². The van der Waals surface area contributed by atoms with Gasteiger partial charge in [-0.3, -0.25) is 0 Å². The lowest BCUT2D eigenvalue weighted by Gasteiger charge is -2.17. The zero-order chi connectivity index (χ0) is 12.1. The molecule has 0 aromatic carbocycles. The standard InChI is InChI=1S/C12H21N3OS/c1-9(13-2)6-7-11-14-12(15-16-11)10-5-3-4-8-17-10/h9-10,13H,3-8H2,1-2H3. The molecule has 2 unspecified atom stereocenters. The van der Waals surface area contributed by atoms with Crippen LogP contribution < -0.4 is 5.32 Å². The molecule has 17 heavy (non-hydrogen) atoms. The first-order valence-corrected chi connectivity index (χ1v) is 7.46. The Morgan fingerprint density at radius 1 is 1.53 bits per heavy atom. The van der Waals surface area contributed by atoms with Crippen molar-refractivity contribution in [2.45, 2.75) is 50.3 Å². The van der Waals surface area contributed by atoms with Gasteiger partial charge < -0.3 is 9.84 Å². The lowest BCUT2D eigenvalue weighted by molar-refractivity contribution is 0.363. The molecule has 0 aliphatic carbocycles. The first-order chi connectivity index (χ1) is 8.29. The number of hydrogen-bond acceptors (Lipinski definition) is 5. The molecule has 2 heterocycles. The second kappa shape index (κ2) is 6.40. The first-order valence-electron chi connectivity index (χ1n) is 6.41. The quantitative estimate of drug-likeness (QED) is 0.876. The lowest BCUT2D eigenvalue weighted by atomic mass is 10.2. The van der Waals surface area contributed by atoms with Crippen LogP contribution >= 0.6 is 11.8 Å². The molecule has 4 nitrogen and oxygen atoms in total. The topological polar surface area (TPSA) is 51.0 Å². The number of thioether (sulfide) groups is 1. The Kier molecular flexibility index (Phi) is 4.86. The molecule has 1 aromatic rings. The molecule has 1 aliphatic heterocycles. The second-order valence-corrected chi connectivity index (χ2v) is 5.94. The average molecular weight is 255 g/mol. The van der Waals surface area contributed by atoms with Crippen molar-refractivity contribution in [2.24, 2.45) is 0 Å². The predicted molar refractivity (Wildman–Crippen MR) is 70.2 cm³/mol. The molecule has 1 aromatic heterocycles. The maximum atomic E-state index is 5.31. The molecule has 1 fully saturated rings. The molecule has 5 heteroatoms. The van der Waals surface area contributed by atoms with Crippen LogP contribution in [0.15, 0.2) is 4.52 Å². The highest BCUT2D eigenvalue weighted by Crippen LogP contribution is 2.36. The average Bonchev–Trinajstić information content (AvgIpc) is 2.86. The van der Waals surface area contributed by atoms with Gasteiger partial charge in [-0.15, -0.1) is 0 Å². The van der Waals surface area contributed by atoms with E-state index in [0.717, 1.165) is 24.6 Å². The highest BCUT2D eigenvalue weighted by atomic mass is 32.2. The molecule has 0 spiro atoms. The van der Waals surface area contributed by atoms with E-state index < -0.39 is 0 Å². The minimum atomic E-state index is 0.461. The molecule has 0 radical (unpaired) electrons. The van der Waals surface area contributed by atoms with Crippen molar-refractivity contribution < 1.29 is 4.52 Å². The van der Waals surface area contributed by atoms with E-state index in [1.54, 1.807) is 0 Å². The molecule has 2 rings (SSSR count). The smallest absolute Gasteiger partial charge is 0.226 e. The Labute approximate surface area is 107 Å². The van der Waals surface area contributed by atoms with Crippen LogP contribution in [0.1, 0.15) is 49.6 Å². The Balaban J connectivity index is 1.86. The zero-order valence-electron chi connectivity index (χ0n) is 10.6. The van der Waals surface area contributed by atoms with E-state index in [1.807, 2.05) is 18.8 Å². The van der Waals surface area contributed by atoms with Crippen LogP contribution in [0.4, 0.5) is 0 Å². The van der Waals surface area contributed by atoms with Crippen LogP contribution in [0.5, 0.6) is 0 Å². The van der Waals surface area contributed by atoms with Crippen molar-refractivity contribution in [3.05, 3.63) is 11.7 Å². The number of aromatic nitrogens is 2. The summed E-state index contributed by atoms with van der Waals surface area (Å²) < 4.78 is 5.31. The summed E-state index contributed by atoms with van der Waals surface area (Å²) in [6.07, 6.45) is 5.71. The summed E-state index contributed by atoms with van der Waals surface area (Å²) in [5, 5.41) is 7.79. The van der Waals surface area contributed by atoms with Crippen molar-refractivity contribution in [1.82, 2.24) is 15.5 Å². The monoisotopic (exact) mass is 255 g/mol. The fourth-order valence-corrected chi connectivity index (χ4v) is 3.16. The first kappa shape index (κ1) is 12.9. The number of nitrogens with one attached hydrogen (secondary N) is 1. The molecule has 0 saturated carbocycles. The van der Waals surface area contributed by atoms with Crippen molar-refractivity contribution in [3.8, 4) is 0 Å². The minimum Gasteiger partial charge on any atom is -0.339 e. The number of rotatable bonds is 5. The van der Waals surface area contributed by atoms with Crippen molar-refractivity contribution in [2.75, 3.05) is 12.8 Å². The van der Waals surface area contributed by atoms with Gasteiger partial charge in [0, 0.05) is 12.5 Å². The van der Waals surface area contributed by atoms with Gasteiger partial charge in [0.2, 0.25) is 5.89 Å². The molecular weight excluding hydrogens is 234 g/mol. The van der Waals surface area contributed by atoms with Gasteiger partial charge >= 0.3 is 0 Å². The summed E-state index contributed by atoms with van der Waals surface area (Å²) in [4.78, 5) is 4.51. The highest BCUT2D eigenvalue weighted by Gasteiger charge is 2.21. The fraction of sp³-hybridized carbons (Fsp3) is 0.833. The van der Waals surface area contributed by atoms with Crippen LogP contribution in [-0.2, 0) is 6.42 Å². The Morgan fingerprint density at radius 2 is 2.41 bits per heavy atom. The molecule has 96 valence electrons. The minimum absolute atomic E-state index is 0.461. The maximum absolute atomic E-state index is 5.31. The van der Waals surface area contributed by atoms with Crippen LogP contribution in [0.3, 0.4) is 0 Å². The molecule has 1 N–H and O–H groups in total. The van der Waals surface area contributed by atoms with E-state index >= 15 is 0 Å². The Morgan fingerprint density at radius 3 is 3.12 bits per heavy atom. The third kappa shape index (κ3) is 3.71. The summed E-state index contributed by atoms with van der Waals surface area (Å²) in [6.45, 7) is 2.16. The lowest BCUT2D eigenvalue weighted by Crippen LogP contribution is -2.21. The largest absolute Gasteiger partial charge is 0.339 e. The highest BCUT2D eigenvalue weighted by molar-refractivity contribution is 7.99. The van der Waals surface area contributed by atoms with E-state index in [4.69, 9.17) is 4.52 Å². The summed E-state index contributed by atoms with van der Waals surface area (Å²) in [6, 6.07) is 0.495. The maximum Gasteiger partial charge on any atom is 0.226 e. The summed E-state index contributed by atoms with van der Waals surface area (Å²) in [7, 11) is 1.97. The molecule has 0 amide bonds. The summed E-state index contributed by atoms with van der Waals surface area (Å²) in [5.74, 6) is 2.92. The molecular formula is C12H21N3OS. The van der Waals surface area contributed by atoms with Gasteiger partial charge in [-0.05, 0) is 39.0 Å². The van der Waals surface area contributed by atoms with Gasteiger partial charge in [0.1, 0.15) is 0 Å². The SMILES string of the molecule is CNC(C)CCc1nc(C2CCCCS2)no1. The van der Waals surface area contributed by atoms with Gasteiger partial charge in [0.25, 0.3) is 0 Å². The van der Waals surface area contributed by atoms with Gasteiger partial charge in [-0.25, -0.2) is 0 Å². The van der Waals surface area contributed by atoms with Crippen LogP contribution in [0.25, 0.3) is 0 Å². The van der Waals surface area contributed by atoms with Gasteiger partial charge in [0.15, 0.2) is 5.82 Å². The van der Waals surface area contributed by atoms with Gasteiger partial charge in [-0.2, -0.15) is 16.7 Å². The second-order valence-electron chi connectivity index (χ2n) is 4.63. The Hall–Kier alpha value is -0.550. The Bertz CT molecular complexity index is 336. The van der Waals surface area contributed by atoms with Crippen LogP contribution in [0, 0.1) is 0 Å². The summed E-state index contributed by atoms with van der Waals surface area (Å²) >= 11 is 1.96. The van der Waals surface area contributed by atoms with Crippen LogP contribution in [-0.4, -0.2) is 29.0 Å². The van der Waals surface area contributed by atoms with Crippen molar-refractivity contribution in [3.63, 3.8) is 0 Å². The summed E-state index contributed by atoms with van der Waals surface area (Å²) in [5.41, 5.74) is 0. The molecule has 0 bridgehead atoms. The van der Waals surface area contributed by atoms with Crippen molar-refractivity contribution in [1.29, 1.82) is 0 Å². The van der Waals surface area contributed by atoms with Crippen LogP contribution in [0.2, 0.25) is 0 Å². The molecule has 2 atom stereocenters. The number of nitrogens with zero attached hydrogens (tertiary/aromatic N) is 2. The number of aryl methyl sites for hydroxylation is 1. The predicted octanol–water partition coefficient (Wildman–Crippen LogP) is 2.57. The van der Waals surface area contributed by atoms with E-state index in [-0.39, 0.29) is 0 Å². The van der Waals surface area contributed by atoms with E-state index in [1.165, 1.54) is 25.0 Å². The van der Waals surface area contributed by atoms with E-state index in [0.29, 0.717) is 11.3 Å². The van der Waals surface area contributed by atoms with Crippen molar-refractivity contribution >= 4 is 11.8 Å². The normalized spacial score (nSPS) is 22.6. The third-order valence-corrected chi connectivity index (χ3v) is 4.61. The molecule has 1 saturated heterocycles. The van der Waals surface area contributed by atoms with Gasteiger partial charge in [0.05, 0.1) is 5.25 Å².